The minimum atomic E-state index is -3.83. The molecule has 0 atom stereocenters. The van der Waals surface area contributed by atoms with Crippen LogP contribution in [0.3, 0.4) is 0 Å². The lowest BCUT2D eigenvalue weighted by molar-refractivity contribution is 0.576. The molecule has 0 aliphatic carbocycles. The number of hydrogen-bond donors (Lipinski definition) is 3. The van der Waals surface area contributed by atoms with Crippen LogP contribution in [0, 0.1) is 0 Å². The molecule has 0 amide bonds. The summed E-state index contributed by atoms with van der Waals surface area (Å²) in [7, 11) is -7.44. The molecule has 0 fully saturated rings. The van der Waals surface area contributed by atoms with Crippen molar-refractivity contribution in [3.05, 3.63) is 16.7 Å². The van der Waals surface area contributed by atoms with Gasteiger partial charge in [0.2, 0.25) is 20.0 Å². The highest BCUT2D eigenvalue weighted by atomic mass is 79.9. The van der Waals surface area contributed by atoms with E-state index in [2.05, 4.69) is 25.6 Å². The highest BCUT2D eigenvalue weighted by Crippen LogP contribution is 2.20. The first-order chi connectivity index (χ1) is 8.62. The Balaban J connectivity index is 2.74. The van der Waals surface area contributed by atoms with Gasteiger partial charge in [-0.3, -0.25) is 0 Å². The van der Waals surface area contributed by atoms with Gasteiger partial charge in [-0.2, -0.15) is 0 Å². The summed E-state index contributed by atoms with van der Waals surface area (Å²) in [5.74, 6) is -0.441. The number of sulfonamides is 2. The summed E-state index contributed by atoms with van der Waals surface area (Å²) in [6.07, 6.45) is 1.44. The molecule has 0 aliphatic rings. The molecule has 0 radical (unpaired) electrons. The van der Waals surface area contributed by atoms with E-state index in [9.17, 15) is 16.8 Å². The van der Waals surface area contributed by atoms with Crippen molar-refractivity contribution < 1.29 is 16.8 Å². The highest BCUT2D eigenvalue weighted by molar-refractivity contribution is 9.10. The minimum Gasteiger partial charge on any atom is -0.383 e. The van der Waals surface area contributed by atoms with Crippen LogP contribution >= 0.6 is 15.9 Å². The van der Waals surface area contributed by atoms with Crippen LogP contribution in [-0.4, -0.2) is 34.1 Å². The molecule has 0 spiro atoms. The zero-order valence-corrected chi connectivity index (χ0v) is 12.9. The predicted octanol–water partition coefficient (Wildman–Crippen LogP) is -0.617. The molecule has 8 nitrogen and oxygen atoms in total. The van der Waals surface area contributed by atoms with E-state index in [1.165, 1.54) is 12.3 Å². The van der Waals surface area contributed by atoms with Gasteiger partial charge in [0.05, 0.1) is 5.75 Å². The summed E-state index contributed by atoms with van der Waals surface area (Å²) in [6, 6.07) is 1.31. The monoisotopic (exact) mass is 372 g/mol. The van der Waals surface area contributed by atoms with Gasteiger partial charge >= 0.3 is 0 Å². The second kappa shape index (κ2) is 6.13. The molecule has 0 bridgehead atoms. The Morgan fingerprint density at radius 1 is 1.32 bits per heavy atom. The fourth-order valence-electron chi connectivity index (χ4n) is 1.20. The molecule has 1 aromatic rings. The number of hydrogen-bond acceptors (Lipinski definition) is 6. The zero-order valence-electron chi connectivity index (χ0n) is 9.71. The molecule has 1 heterocycles. The summed E-state index contributed by atoms with van der Waals surface area (Å²) >= 11 is 3.09. The summed E-state index contributed by atoms with van der Waals surface area (Å²) in [5.41, 5.74) is 5.48. The Morgan fingerprint density at radius 2 is 1.95 bits per heavy atom. The highest BCUT2D eigenvalue weighted by Gasteiger charge is 2.18. The number of anilines is 1. The van der Waals surface area contributed by atoms with E-state index >= 15 is 0 Å². The SMILES string of the molecule is Nc1ncc(Br)cc1S(=O)(=O)NCCCS(N)(=O)=O. The molecule has 0 aliphatic heterocycles. The molecule has 19 heavy (non-hydrogen) atoms. The number of nitrogens with one attached hydrogen (secondary N) is 1. The number of nitrogens with two attached hydrogens (primary N) is 2. The number of pyridine rings is 1. The lowest BCUT2D eigenvalue weighted by Gasteiger charge is -2.08. The van der Waals surface area contributed by atoms with Gasteiger partial charge in [-0.1, -0.05) is 0 Å². The molecule has 1 rings (SSSR count). The second-order valence-corrected chi connectivity index (χ2v) is 8.04. The lowest BCUT2D eigenvalue weighted by atomic mass is 10.5. The summed E-state index contributed by atoms with van der Waals surface area (Å²) < 4.78 is 47.9. The Kier molecular flexibility index (Phi) is 5.26. The minimum absolute atomic E-state index is 0.0648. The topological polar surface area (TPSA) is 145 Å². The predicted molar refractivity (Wildman–Crippen MR) is 74.1 cm³/mol. The van der Waals surface area contributed by atoms with Gasteiger partial charge in [0.15, 0.2) is 0 Å². The maximum atomic E-state index is 11.9. The Morgan fingerprint density at radius 3 is 2.53 bits per heavy atom. The normalized spacial score (nSPS) is 12.5. The smallest absolute Gasteiger partial charge is 0.244 e. The van der Waals surface area contributed by atoms with E-state index in [4.69, 9.17) is 10.9 Å². The first-order valence-electron chi connectivity index (χ1n) is 5.03. The van der Waals surface area contributed by atoms with Crippen LogP contribution in [-0.2, 0) is 20.0 Å². The molecule has 0 unspecified atom stereocenters. The first-order valence-corrected chi connectivity index (χ1v) is 9.02. The maximum absolute atomic E-state index is 11.9. The summed E-state index contributed by atoms with van der Waals surface area (Å²) in [6.45, 7) is -0.0648. The molecular weight excluding hydrogens is 360 g/mol. The van der Waals surface area contributed by atoms with Gasteiger partial charge in [0, 0.05) is 17.2 Å². The number of primary sulfonamides is 1. The molecule has 11 heteroatoms. The van der Waals surface area contributed by atoms with E-state index in [0.717, 1.165) is 0 Å². The van der Waals surface area contributed by atoms with E-state index < -0.39 is 20.0 Å². The van der Waals surface area contributed by atoms with Gasteiger partial charge in [-0.25, -0.2) is 31.7 Å². The van der Waals surface area contributed by atoms with E-state index in [-0.39, 0.29) is 29.4 Å². The van der Waals surface area contributed by atoms with E-state index in [1.807, 2.05) is 0 Å². The van der Waals surface area contributed by atoms with Crippen molar-refractivity contribution in [3.63, 3.8) is 0 Å². The fraction of sp³-hybridized carbons (Fsp3) is 0.375. The van der Waals surface area contributed by atoms with E-state index in [0.29, 0.717) is 4.47 Å². The van der Waals surface area contributed by atoms with Crippen molar-refractivity contribution in [1.29, 1.82) is 0 Å². The van der Waals surface area contributed by atoms with Crippen LogP contribution in [0.1, 0.15) is 6.42 Å². The standard InChI is InChI=1S/C8H13BrN4O4S2/c9-6-4-7(8(10)12-5-6)19(16,17)13-2-1-3-18(11,14)15/h4-5,13H,1-3H2,(H2,10,12)(H2,11,14,15). The number of halogens is 1. The second-order valence-electron chi connectivity index (χ2n) is 3.66. The molecular formula is C8H13BrN4O4S2. The van der Waals surface area contributed by atoms with Crippen molar-refractivity contribution in [1.82, 2.24) is 9.71 Å². The Labute approximate surface area is 119 Å². The van der Waals surface area contributed by atoms with Crippen molar-refractivity contribution in [2.45, 2.75) is 11.3 Å². The number of rotatable bonds is 6. The van der Waals surface area contributed by atoms with Crippen molar-refractivity contribution >= 4 is 41.8 Å². The third-order valence-electron chi connectivity index (χ3n) is 2.04. The first kappa shape index (κ1) is 16.3. The molecule has 0 saturated carbocycles. The zero-order chi connectivity index (χ0) is 14.7. The number of nitrogens with zero attached hydrogens (tertiary/aromatic N) is 1. The van der Waals surface area contributed by atoms with Crippen LogP contribution in [0.25, 0.3) is 0 Å². The third-order valence-corrected chi connectivity index (χ3v) is 4.82. The molecule has 108 valence electrons. The summed E-state index contributed by atoms with van der Waals surface area (Å²) in [5, 5.41) is 4.80. The fourth-order valence-corrected chi connectivity index (χ4v) is 3.41. The van der Waals surface area contributed by atoms with Gasteiger partial charge in [0.1, 0.15) is 10.7 Å². The van der Waals surface area contributed by atoms with E-state index in [1.54, 1.807) is 0 Å². The van der Waals surface area contributed by atoms with Crippen LogP contribution in [0.15, 0.2) is 21.6 Å². The van der Waals surface area contributed by atoms with Crippen LogP contribution in [0.4, 0.5) is 5.82 Å². The average Bonchev–Trinajstić information content (AvgIpc) is 2.26. The van der Waals surface area contributed by atoms with Gasteiger partial charge in [0.25, 0.3) is 0 Å². The summed E-state index contributed by atoms with van der Waals surface area (Å²) in [4.78, 5) is 3.54. The van der Waals surface area contributed by atoms with Crippen molar-refractivity contribution in [2.75, 3.05) is 18.0 Å². The average molecular weight is 373 g/mol. The molecule has 0 aromatic carbocycles. The van der Waals surface area contributed by atoms with Crippen molar-refractivity contribution in [3.8, 4) is 0 Å². The third kappa shape index (κ3) is 5.40. The number of nitrogen functional groups attached to an aromatic ring is 1. The molecule has 0 saturated heterocycles. The van der Waals surface area contributed by atoms with Crippen LogP contribution in [0.2, 0.25) is 0 Å². The van der Waals surface area contributed by atoms with Gasteiger partial charge in [-0.05, 0) is 28.4 Å². The Bertz CT molecular complexity index is 659. The molecule has 5 N–H and O–H groups in total. The maximum Gasteiger partial charge on any atom is 0.244 e. The Hall–Kier alpha value is -0.750. The van der Waals surface area contributed by atoms with Crippen LogP contribution in [0.5, 0.6) is 0 Å². The van der Waals surface area contributed by atoms with Crippen molar-refractivity contribution in [2.24, 2.45) is 5.14 Å². The largest absolute Gasteiger partial charge is 0.383 e. The molecule has 1 aromatic heterocycles. The quantitative estimate of drug-likeness (QED) is 0.567. The van der Waals surface area contributed by atoms with Gasteiger partial charge in [-0.15, -0.1) is 0 Å². The van der Waals surface area contributed by atoms with Gasteiger partial charge < -0.3 is 5.73 Å². The number of aromatic nitrogens is 1. The lowest BCUT2D eigenvalue weighted by Crippen LogP contribution is -2.28. The van der Waals surface area contributed by atoms with Crippen LogP contribution < -0.4 is 15.6 Å².